The number of phenolic OH excluding ortho intramolecular Hbond substituents is 1. The molecule has 8 aromatic rings. The molecule has 2 aliphatic carbocycles. The number of rotatable bonds is 18. The van der Waals surface area contributed by atoms with Gasteiger partial charge < -0.3 is 24.1 Å². The van der Waals surface area contributed by atoms with Crippen molar-refractivity contribution in [2.75, 3.05) is 39.5 Å². The van der Waals surface area contributed by atoms with Crippen molar-refractivity contribution in [1.29, 1.82) is 0 Å². The highest BCUT2D eigenvalue weighted by molar-refractivity contribution is 6.30. The van der Waals surface area contributed by atoms with Crippen LogP contribution in [0.15, 0.2) is 176 Å². The lowest BCUT2D eigenvalue weighted by Gasteiger charge is -2.32. The van der Waals surface area contributed by atoms with Gasteiger partial charge in [0.05, 0.1) is 25.2 Å². The smallest absolute Gasteiger partial charge is 0.333 e. The number of para-hydroxylation sites is 2. The summed E-state index contributed by atoms with van der Waals surface area (Å²) >= 11 is 0. The Kier molecular flexibility index (Phi) is 20.3. The lowest BCUT2D eigenvalue weighted by Crippen LogP contribution is -2.42. The van der Waals surface area contributed by atoms with Crippen LogP contribution >= 0.6 is 0 Å². The Bertz CT molecular complexity index is 4490. The first kappa shape index (κ1) is 67.3. The van der Waals surface area contributed by atoms with Crippen LogP contribution < -0.4 is 4.74 Å². The predicted molar refractivity (Wildman–Crippen MR) is 365 cm³/mol. The zero-order valence-corrected chi connectivity index (χ0v) is 54.4. The van der Waals surface area contributed by atoms with E-state index in [1.54, 1.807) is 61.5 Å². The summed E-state index contributed by atoms with van der Waals surface area (Å²) in [7, 11) is 0. The third-order valence-electron chi connectivity index (χ3n) is 18.3. The standard InChI is InChI=1S/C30H35NO4.C25H19NO6.C24H19NO5/c1-19(2)30(34)35-18-17-31-28(32)24-15-13-22(20-9-5-3-6-10-20)26-23(21-11-7-4-8-12-21)14-16-25(27(24)26)29(31)33;1-14(2)25(31)32-13-12-26-23(29)18-8-5-7-15-16(10-11-19(21(15)18)24(26)30)22(28)17-6-3-4-9-20(17)27;1-15(2)24(28)29-14-13-25-22(26)18-10-6-9-17-20(30-16-7-4-3-5-8-16)12-11-19(21(17)18)23(25)27/h13-16,20-21H,1,3-12,17-18H2,2H3;3-11,27H,1,12-13H2,2H3;3-12H,1,13-14H2,2H3. The number of ketones is 1. The lowest BCUT2D eigenvalue weighted by molar-refractivity contribution is -0.139. The second kappa shape index (κ2) is 29.2. The van der Waals surface area contributed by atoms with Gasteiger partial charge in [-0.25, -0.2) is 14.4 Å². The minimum Gasteiger partial charge on any atom is -0.507 e. The van der Waals surface area contributed by atoms with Crippen LogP contribution in [0.3, 0.4) is 0 Å². The molecule has 0 bridgehead atoms. The molecule has 3 heterocycles. The molecule has 6 amide bonds. The molecule has 1 N–H and O–H groups in total. The van der Waals surface area contributed by atoms with Crippen molar-refractivity contribution in [2.45, 2.75) is 96.8 Å². The van der Waals surface area contributed by atoms with Crippen LogP contribution in [-0.2, 0) is 28.6 Å². The zero-order valence-electron chi connectivity index (χ0n) is 54.4. The highest BCUT2D eigenvalue weighted by Gasteiger charge is 2.38. The molecule has 0 spiro atoms. The van der Waals surface area contributed by atoms with Gasteiger partial charge in [0.1, 0.15) is 37.1 Å². The van der Waals surface area contributed by atoms with Crippen LogP contribution in [0.4, 0.5) is 0 Å². The Hall–Kier alpha value is -11.1. The van der Waals surface area contributed by atoms with Gasteiger partial charge in [0.2, 0.25) is 0 Å². The van der Waals surface area contributed by atoms with E-state index in [0.717, 1.165) is 15.2 Å². The highest BCUT2D eigenvalue weighted by Crippen LogP contribution is 2.46. The minimum absolute atomic E-state index is 0.0330. The fraction of sp³-hybridized carbons (Fsp3) is 0.266. The molecule has 0 radical (unpaired) electrons. The van der Waals surface area contributed by atoms with Gasteiger partial charge in [-0.3, -0.25) is 48.3 Å². The van der Waals surface area contributed by atoms with E-state index >= 15 is 0 Å². The number of ether oxygens (including phenoxy) is 4. The molecular weight excluding hydrogens is 1230 g/mol. The Morgan fingerprint density at radius 1 is 0.402 bits per heavy atom. The quantitative estimate of drug-likeness (QED) is 0.0276. The van der Waals surface area contributed by atoms with E-state index in [1.165, 1.54) is 124 Å². The maximum absolute atomic E-state index is 13.5. The second-order valence-electron chi connectivity index (χ2n) is 24.8. The average molecular weight is 1300 g/mol. The molecule has 18 nitrogen and oxygen atoms in total. The van der Waals surface area contributed by atoms with Gasteiger partial charge in [0, 0.05) is 77.2 Å². The summed E-state index contributed by atoms with van der Waals surface area (Å²) in [5.74, 6) is -2.57. The summed E-state index contributed by atoms with van der Waals surface area (Å²) in [6.45, 7) is 14.8. The maximum atomic E-state index is 13.5. The fourth-order valence-electron chi connectivity index (χ4n) is 13.4. The van der Waals surface area contributed by atoms with Crippen molar-refractivity contribution in [3.05, 3.63) is 232 Å². The molecule has 97 heavy (non-hydrogen) atoms. The molecule has 2 fully saturated rings. The van der Waals surface area contributed by atoms with Crippen LogP contribution in [-0.4, -0.2) is 118 Å². The number of hydrogen-bond donors (Lipinski definition) is 1. The molecule has 494 valence electrons. The lowest BCUT2D eigenvalue weighted by atomic mass is 9.75. The van der Waals surface area contributed by atoms with Gasteiger partial charge in [0.15, 0.2) is 5.78 Å². The second-order valence-corrected chi connectivity index (χ2v) is 24.8. The normalized spacial score (nSPS) is 15.1. The SMILES string of the molecule is C=C(C)C(=O)OCCN1C(=O)c2ccc(C3CCCCC3)c3c(C4CCCCC4)ccc(c23)C1=O.C=C(C)C(=O)OCCN1C(=O)c2cccc3c(C(=O)c4ccccc4O)ccc(c23)C1=O.C=C(C)C(=O)OCCN1C(=O)c2cccc3c(Oc4ccccc4)ccc(c23)C1=O. The number of carbonyl (C=O) groups is 10. The van der Waals surface area contributed by atoms with E-state index in [-0.39, 0.29) is 90.4 Å². The molecule has 0 atom stereocenters. The number of esters is 3. The molecule has 13 rings (SSSR count). The number of amides is 6. The van der Waals surface area contributed by atoms with Crippen molar-refractivity contribution < 1.29 is 72.0 Å². The third-order valence-corrected chi connectivity index (χ3v) is 18.3. The number of phenols is 1. The van der Waals surface area contributed by atoms with Crippen molar-refractivity contribution in [3.8, 4) is 17.2 Å². The summed E-state index contributed by atoms with van der Waals surface area (Å²) in [6, 6.07) is 40.2. The van der Waals surface area contributed by atoms with E-state index in [2.05, 4.69) is 31.9 Å². The number of nitrogens with zero attached hydrogens (tertiary/aromatic N) is 3. The molecule has 0 aromatic heterocycles. The van der Waals surface area contributed by atoms with Crippen molar-refractivity contribution in [3.63, 3.8) is 0 Å². The Balaban J connectivity index is 0.000000148. The van der Waals surface area contributed by atoms with Crippen molar-refractivity contribution in [1.82, 2.24) is 14.7 Å². The monoisotopic (exact) mass is 1300 g/mol. The van der Waals surface area contributed by atoms with Gasteiger partial charge in [-0.05, 0) is 153 Å². The summed E-state index contributed by atoms with van der Waals surface area (Å²) in [5, 5.41) is 14.2. The van der Waals surface area contributed by atoms with E-state index in [1.807, 2.05) is 48.5 Å². The summed E-state index contributed by atoms with van der Waals surface area (Å²) in [6.07, 6.45) is 12.2. The average Bonchev–Trinajstić information content (AvgIpc) is 0.759. The Morgan fingerprint density at radius 2 is 0.784 bits per heavy atom. The summed E-state index contributed by atoms with van der Waals surface area (Å²) in [5.41, 5.74) is 6.39. The van der Waals surface area contributed by atoms with Gasteiger partial charge in [-0.1, -0.05) is 125 Å². The number of benzene rings is 8. The number of aromatic hydroxyl groups is 1. The Morgan fingerprint density at radius 3 is 1.23 bits per heavy atom. The first-order valence-electron chi connectivity index (χ1n) is 32.6. The molecule has 0 saturated heterocycles. The molecule has 0 unspecified atom stereocenters. The van der Waals surface area contributed by atoms with Gasteiger partial charge in [-0.2, -0.15) is 0 Å². The fourth-order valence-corrected chi connectivity index (χ4v) is 13.4. The molecule has 2 saturated carbocycles. The summed E-state index contributed by atoms with van der Waals surface area (Å²) in [4.78, 5) is 131. The first-order chi connectivity index (χ1) is 46.7. The van der Waals surface area contributed by atoms with E-state index in [9.17, 15) is 53.1 Å². The molecule has 8 aromatic carbocycles. The highest BCUT2D eigenvalue weighted by atomic mass is 16.5. The predicted octanol–water partition coefficient (Wildman–Crippen LogP) is 14.5. The van der Waals surface area contributed by atoms with Crippen LogP contribution in [0.25, 0.3) is 32.3 Å². The van der Waals surface area contributed by atoms with E-state index in [4.69, 9.17) is 18.9 Å². The Labute approximate surface area is 560 Å². The topological polar surface area (TPSA) is 238 Å². The number of carbonyl (C=O) groups excluding carboxylic acids is 10. The number of imide groups is 3. The zero-order chi connectivity index (χ0) is 68.8. The van der Waals surface area contributed by atoms with Crippen LogP contribution in [0.1, 0.15) is 186 Å². The van der Waals surface area contributed by atoms with Gasteiger partial charge in [0.25, 0.3) is 35.4 Å². The van der Waals surface area contributed by atoms with Crippen molar-refractivity contribution >= 4 is 91.5 Å². The molecule has 5 aliphatic rings. The first-order valence-corrected chi connectivity index (χ1v) is 32.6. The minimum atomic E-state index is -0.600. The van der Waals surface area contributed by atoms with Crippen LogP contribution in [0.2, 0.25) is 0 Å². The molecule has 18 heteroatoms. The van der Waals surface area contributed by atoms with Gasteiger partial charge in [-0.15, -0.1) is 0 Å². The molecule has 3 aliphatic heterocycles. The largest absolute Gasteiger partial charge is 0.507 e. The van der Waals surface area contributed by atoms with Crippen LogP contribution in [0, 0.1) is 0 Å². The van der Waals surface area contributed by atoms with Crippen molar-refractivity contribution in [2.24, 2.45) is 0 Å². The number of hydrogen-bond acceptors (Lipinski definition) is 15. The van der Waals surface area contributed by atoms with Gasteiger partial charge >= 0.3 is 17.9 Å². The van der Waals surface area contributed by atoms with Crippen LogP contribution in [0.5, 0.6) is 17.2 Å². The molecular formula is C79H73N3O15. The maximum Gasteiger partial charge on any atom is 0.333 e. The third kappa shape index (κ3) is 13.7. The summed E-state index contributed by atoms with van der Waals surface area (Å²) < 4.78 is 21.2. The van der Waals surface area contributed by atoms with E-state index in [0.29, 0.717) is 72.7 Å². The van der Waals surface area contributed by atoms with E-state index < -0.39 is 47.3 Å².